The summed E-state index contributed by atoms with van der Waals surface area (Å²) in [6.45, 7) is 0.136. The number of benzene rings is 2. The zero-order valence-electron chi connectivity index (χ0n) is 16.3. The van der Waals surface area contributed by atoms with E-state index in [0.29, 0.717) is 33.2 Å². The fraction of sp³-hybridized carbons (Fsp3) is 0.0909. The van der Waals surface area contributed by atoms with E-state index in [1.54, 1.807) is 55.6 Å². The first kappa shape index (κ1) is 20.5. The molecule has 0 aliphatic carbocycles. The second kappa shape index (κ2) is 8.97. The van der Waals surface area contributed by atoms with E-state index in [1.807, 2.05) is 0 Å². The van der Waals surface area contributed by atoms with E-state index in [-0.39, 0.29) is 18.3 Å². The number of hydrogen-bond donors (Lipinski definition) is 2. The summed E-state index contributed by atoms with van der Waals surface area (Å²) in [5, 5.41) is 5.36. The molecule has 2 amide bonds. The van der Waals surface area contributed by atoms with Gasteiger partial charge in [-0.25, -0.2) is 0 Å². The average molecular weight is 485 g/mol. The van der Waals surface area contributed by atoms with Gasteiger partial charge in [-0.05, 0) is 76.1 Å². The Morgan fingerprint density at radius 1 is 1.03 bits per heavy atom. The molecule has 1 aliphatic rings. The Morgan fingerprint density at radius 3 is 2.52 bits per heavy atom. The molecule has 0 saturated heterocycles. The first-order valence-corrected chi connectivity index (χ1v) is 9.94. The van der Waals surface area contributed by atoms with Crippen LogP contribution in [0.15, 0.2) is 69.4 Å². The highest BCUT2D eigenvalue weighted by molar-refractivity contribution is 9.10. The highest BCUT2D eigenvalue weighted by Gasteiger charge is 2.19. The molecule has 3 aromatic rings. The molecule has 0 atom stereocenters. The van der Waals surface area contributed by atoms with Crippen molar-refractivity contribution in [2.24, 2.45) is 0 Å². The van der Waals surface area contributed by atoms with Crippen LogP contribution in [0.3, 0.4) is 0 Å². The number of fused-ring (bicyclic) bond motifs is 1. The minimum absolute atomic E-state index is 0.0206. The molecule has 0 saturated carbocycles. The van der Waals surface area contributed by atoms with Crippen LogP contribution in [0.1, 0.15) is 16.1 Å². The van der Waals surface area contributed by atoms with Crippen LogP contribution < -0.4 is 24.8 Å². The molecule has 2 heterocycles. The molecule has 9 heteroatoms. The van der Waals surface area contributed by atoms with Gasteiger partial charge in [-0.15, -0.1) is 0 Å². The van der Waals surface area contributed by atoms with Crippen molar-refractivity contribution in [2.45, 2.75) is 0 Å². The maximum atomic E-state index is 13.0. The van der Waals surface area contributed by atoms with Gasteiger partial charge < -0.3 is 29.3 Å². The summed E-state index contributed by atoms with van der Waals surface area (Å²) in [7, 11) is 1.56. The zero-order chi connectivity index (χ0) is 21.8. The first-order chi connectivity index (χ1) is 15.0. The van der Waals surface area contributed by atoms with Gasteiger partial charge in [0.1, 0.15) is 11.4 Å². The number of methoxy groups -OCH3 is 1. The van der Waals surface area contributed by atoms with Crippen molar-refractivity contribution in [3.05, 3.63) is 76.3 Å². The smallest absolute Gasteiger partial charge is 0.291 e. The molecule has 158 valence electrons. The number of nitrogens with one attached hydrogen (secondary N) is 2. The van der Waals surface area contributed by atoms with Crippen LogP contribution in [-0.4, -0.2) is 25.7 Å². The molecular formula is C22H17BrN2O6. The lowest BCUT2D eigenvalue weighted by molar-refractivity contribution is -0.113. The highest BCUT2D eigenvalue weighted by Crippen LogP contribution is 2.33. The Kier molecular flexibility index (Phi) is 5.94. The van der Waals surface area contributed by atoms with E-state index < -0.39 is 11.8 Å². The number of carbonyl (C=O) groups excluding carboxylic acids is 2. The van der Waals surface area contributed by atoms with E-state index in [1.165, 1.54) is 12.1 Å². The van der Waals surface area contributed by atoms with E-state index in [2.05, 4.69) is 26.6 Å². The van der Waals surface area contributed by atoms with Gasteiger partial charge in [0.15, 0.2) is 21.9 Å². The normalized spacial score (nSPS) is 12.4. The third-order valence-electron chi connectivity index (χ3n) is 4.35. The number of furan rings is 1. The van der Waals surface area contributed by atoms with Crippen molar-refractivity contribution in [3.63, 3.8) is 0 Å². The van der Waals surface area contributed by atoms with Crippen LogP contribution in [-0.2, 0) is 4.79 Å². The van der Waals surface area contributed by atoms with Gasteiger partial charge in [-0.2, -0.15) is 0 Å². The van der Waals surface area contributed by atoms with Crippen LogP contribution in [0.25, 0.3) is 6.08 Å². The van der Waals surface area contributed by atoms with E-state index in [9.17, 15) is 9.59 Å². The van der Waals surface area contributed by atoms with Crippen molar-refractivity contribution >= 4 is 39.5 Å². The summed E-state index contributed by atoms with van der Waals surface area (Å²) in [6, 6.07) is 15.1. The highest BCUT2D eigenvalue weighted by atomic mass is 79.9. The fourth-order valence-electron chi connectivity index (χ4n) is 2.82. The van der Waals surface area contributed by atoms with Gasteiger partial charge in [-0.1, -0.05) is 6.07 Å². The number of rotatable bonds is 6. The fourth-order valence-corrected chi connectivity index (χ4v) is 3.13. The molecule has 0 bridgehead atoms. The Bertz CT molecular complexity index is 1150. The van der Waals surface area contributed by atoms with Crippen LogP contribution in [0.5, 0.6) is 17.2 Å². The quantitative estimate of drug-likeness (QED) is 0.509. The number of amides is 2. The van der Waals surface area contributed by atoms with Crippen LogP contribution in [0, 0.1) is 0 Å². The Labute approximate surface area is 185 Å². The standard InChI is InChI=1S/C22H17BrN2O6/c1-28-15-5-3-14(4-6-15)24-21(26)16(25-22(27)18-8-9-20(23)31-18)10-13-2-7-17-19(11-13)30-12-29-17/h2-11H,12H2,1H3,(H,24,26)(H,25,27). The summed E-state index contributed by atoms with van der Waals surface area (Å²) in [6.07, 6.45) is 1.54. The third-order valence-corrected chi connectivity index (χ3v) is 4.77. The molecule has 1 aromatic heterocycles. The molecule has 8 nitrogen and oxygen atoms in total. The maximum absolute atomic E-state index is 13.0. The van der Waals surface area contributed by atoms with E-state index in [0.717, 1.165) is 0 Å². The van der Waals surface area contributed by atoms with Crippen molar-refractivity contribution in [3.8, 4) is 17.2 Å². The number of halogens is 1. The van der Waals surface area contributed by atoms with Crippen molar-refractivity contribution in [2.75, 3.05) is 19.2 Å². The van der Waals surface area contributed by atoms with Gasteiger partial charge in [0.2, 0.25) is 6.79 Å². The molecule has 0 spiro atoms. The Balaban J connectivity index is 1.60. The van der Waals surface area contributed by atoms with Gasteiger partial charge >= 0.3 is 0 Å². The number of hydrogen-bond acceptors (Lipinski definition) is 6. The van der Waals surface area contributed by atoms with Crippen molar-refractivity contribution in [1.29, 1.82) is 0 Å². The number of ether oxygens (including phenoxy) is 3. The minimum atomic E-state index is -0.567. The molecule has 31 heavy (non-hydrogen) atoms. The van der Waals surface area contributed by atoms with Crippen molar-refractivity contribution in [1.82, 2.24) is 5.32 Å². The molecular weight excluding hydrogens is 468 g/mol. The summed E-state index contributed by atoms with van der Waals surface area (Å²) in [5.74, 6) is 0.812. The average Bonchev–Trinajstić information content (AvgIpc) is 3.42. The predicted molar refractivity (Wildman–Crippen MR) is 116 cm³/mol. The lowest BCUT2D eigenvalue weighted by Gasteiger charge is -2.11. The second-order valence-electron chi connectivity index (χ2n) is 6.41. The van der Waals surface area contributed by atoms with E-state index >= 15 is 0 Å². The summed E-state index contributed by atoms with van der Waals surface area (Å²) in [4.78, 5) is 25.5. The van der Waals surface area contributed by atoms with Crippen LogP contribution >= 0.6 is 15.9 Å². The SMILES string of the molecule is COc1ccc(NC(=O)C(=Cc2ccc3c(c2)OCO3)NC(=O)c2ccc(Br)o2)cc1. The zero-order valence-corrected chi connectivity index (χ0v) is 17.9. The molecule has 2 N–H and O–H groups in total. The molecule has 2 aromatic carbocycles. The largest absolute Gasteiger partial charge is 0.497 e. The van der Waals surface area contributed by atoms with E-state index in [4.69, 9.17) is 18.6 Å². The summed E-state index contributed by atoms with van der Waals surface area (Å²) < 4.78 is 21.5. The molecule has 0 unspecified atom stereocenters. The van der Waals surface area contributed by atoms with Gasteiger partial charge in [-0.3, -0.25) is 9.59 Å². The van der Waals surface area contributed by atoms with Gasteiger partial charge in [0, 0.05) is 5.69 Å². The lowest BCUT2D eigenvalue weighted by Crippen LogP contribution is -2.30. The topological polar surface area (TPSA) is 99.0 Å². The maximum Gasteiger partial charge on any atom is 0.291 e. The summed E-state index contributed by atoms with van der Waals surface area (Å²) in [5.41, 5.74) is 1.20. The molecule has 0 radical (unpaired) electrons. The number of anilines is 1. The molecule has 1 aliphatic heterocycles. The van der Waals surface area contributed by atoms with Crippen molar-refractivity contribution < 1.29 is 28.2 Å². The monoisotopic (exact) mass is 484 g/mol. The van der Waals surface area contributed by atoms with Crippen LogP contribution in [0.2, 0.25) is 0 Å². The third kappa shape index (κ3) is 4.89. The summed E-state index contributed by atoms with van der Waals surface area (Å²) >= 11 is 3.16. The second-order valence-corrected chi connectivity index (χ2v) is 7.19. The van der Waals surface area contributed by atoms with Gasteiger partial charge in [0.05, 0.1) is 7.11 Å². The molecule has 0 fully saturated rings. The van der Waals surface area contributed by atoms with Crippen LogP contribution in [0.4, 0.5) is 5.69 Å². The minimum Gasteiger partial charge on any atom is -0.497 e. The lowest BCUT2D eigenvalue weighted by atomic mass is 10.1. The number of carbonyl (C=O) groups is 2. The Morgan fingerprint density at radius 2 is 1.81 bits per heavy atom. The Hall–Kier alpha value is -3.72. The predicted octanol–water partition coefficient (Wildman–Crippen LogP) is 4.19. The van der Waals surface area contributed by atoms with Gasteiger partial charge in [0.25, 0.3) is 11.8 Å². The first-order valence-electron chi connectivity index (χ1n) is 9.15. The molecule has 4 rings (SSSR count).